The van der Waals surface area contributed by atoms with Crippen molar-refractivity contribution in [1.29, 1.82) is 4.78 Å². The summed E-state index contributed by atoms with van der Waals surface area (Å²) in [5.74, 6) is 0. The van der Waals surface area contributed by atoms with Gasteiger partial charge in [-0.05, 0) is 0 Å². The molecule has 0 rings (SSSR count). The summed E-state index contributed by atoms with van der Waals surface area (Å²) in [5.41, 5.74) is 0. The Balaban J connectivity index is -0.0000000480. The van der Waals surface area contributed by atoms with Crippen LogP contribution in [-0.4, -0.2) is 6.68 Å². The second-order valence-corrected chi connectivity index (χ2v) is 0.247. The molecule has 7 heavy (non-hydrogen) atoms. The third-order valence-corrected chi connectivity index (χ3v) is 0. The van der Waals surface area contributed by atoms with Crippen molar-refractivity contribution in [3.05, 3.63) is 0 Å². The minimum atomic E-state index is -3.67. The summed E-state index contributed by atoms with van der Waals surface area (Å²) >= 11 is 3.33. The average molecular weight is 162 g/mol. The van der Waals surface area contributed by atoms with Crippen LogP contribution in [0, 0.1) is 4.78 Å². The van der Waals surface area contributed by atoms with Crippen LogP contribution in [0.15, 0.2) is 0 Å². The van der Waals surface area contributed by atoms with E-state index in [1.807, 2.05) is 0 Å². The normalized spacial score (nSPS) is 5.71. The Morgan fingerprint density at radius 3 is 1.14 bits per heavy atom. The molecule has 0 aromatic carbocycles. The van der Waals surface area contributed by atoms with Crippen LogP contribution in [0.5, 0.6) is 0 Å². The molecule has 0 amide bonds. The quantitative estimate of drug-likeness (QED) is 0.572. The number of hydrogen-bond acceptors (Lipinski definition) is 2. The zero-order valence-corrected chi connectivity index (χ0v) is 5.82. The molecule has 0 saturated carbocycles. The molecule has 1 nitrogen and oxygen atoms in total. The van der Waals surface area contributed by atoms with E-state index in [0.717, 1.165) is 0 Å². The molecule has 0 atom stereocenters. The van der Waals surface area contributed by atoms with Crippen LogP contribution in [0.2, 0.25) is 0 Å². The van der Waals surface area contributed by atoms with Crippen molar-refractivity contribution in [3.8, 4) is 0 Å². The minimum absolute atomic E-state index is 0. The summed E-state index contributed by atoms with van der Waals surface area (Å²) in [6.45, 7) is -3.67. The minimum Gasteiger partial charge on any atom is -0.235 e. The molecule has 6 heteroatoms. The third kappa shape index (κ3) is 316. The zero-order chi connectivity index (χ0) is 5.58. The molecule has 0 saturated heterocycles. The van der Waals surface area contributed by atoms with Crippen LogP contribution in [0.1, 0.15) is 0 Å². The maximum absolute atomic E-state index is 9.67. The first-order valence-corrected chi connectivity index (χ1v) is 1.27. The third-order valence-electron chi connectivity index (χ3n) is 0. The van der Waals surface area contributed by atoms with Gasteiger partial charge in [0.25, 0.3) is 0 Å². The van der Waals surface area contributed by atoms with Crippen LogP contribution in [0.4, 0.5) is 13.2 Å². The van der Waals surface area contributed by atoms with E-state index >= 15 is 0 Å². The van der Waals surface area contributed by atoms with Crippen molar-refractivity contribution in [2.75, 3.05) is 0 Å². The topological polar surface area (TPSA) is 23.9 Å². The van der Waals surface area contributed by atoms with Crippen molar-refractivity contribution >= 4 is 12.4 Å². The number of nitrogens with one attached hydrogen (secondary N) is 1. The molecule has 0 unspecified atom stereocenters. The fourth-order valence-electron chi connectivity index (χ4n) is 0. The average Bonchev–Trinajstić information content (AvgIpc) is 1.41. The first-order valence-electron chi connectivity index (χ1n) is 0.859. The smallest absolute Gasteiger partial charge is 0.235 e. The Morgan fingerprint density at radius 1 is 1.14 bits per heavy atom. The maximum atomic E-state index is 9.67. The molecule has 0 aliphatic carbocycles. The SMILES string of the molecule is FC(F)F.N=S.[Sc]. The van der Waals surface area contributed by atoms with Gasteiger partial charge < -0.3 is 0 Å². The van der Waals surface area contributed by atoms with Gasteiger partial charge in [-0.15, -0.1) is 0 Å². The van der Waals surface area contributed by atoms with E-state index in [1.165, 1.54) is 0 Å². The summed E-state index contributed by atoms with van der Waals surface area (Å²) in [4.78, 5) is 0. The van der Waals surface area contributed by atoms with Crippen LogP contribution in [0.25, 0.3) is 0 Å². The first-order chi connectivity index (χ1) is 2.73. The Kier molecular flexibility index (Phi) is 35.6. The maximum Gasteiger partial charge on any atom is 0.379 e. The molecule has 0 aliphatic rings. The van der Waals surface area contributed by atoms with Gasteiger partial charge in [-0.2, -0.15) is 13.2 Å². The summed E-state index contributed by atoms with van der Waals surface area (Å²) in [5, 5.41) is 0. The largest absolute Gasteiger partial charge is 0.379 e. The van der Waals surface area contributed by atoms with E-state index in [4.69, 9.17) is 4.78 Å². The van der Waals surface area contributed by atoms with Crippen molar-refractivity contribution in [3.63, 3.8) is 0 Å². The molecule has 0 bridgehead atoms. The summed E-state index contributed by atoms with van der Waals surface area (Å²) in [7, 11) is 0. The van der Waals surface area contributed by atoms with Gasteiger partial charge in [0, 0.05) is 38.3 Å². The van der Waals surface area contributed by atoms with E-state index in [2.05, 4.69) is 12.4 Å². The Bertz CT molecular complexity index is 26.1. The number of halogens is 3. The zero-order valence-electron chi connectivity index (χ0n) is 3.20. The van der Waals surface area contributed by atoms with Crippen LogP contribution < -0.4 is 0 Å². The van der Waals surface area contributed by atoms with Gasteiger partial charge >= 0.3 is 6.68 Å². The Morgan fingerprint density at radius 2 is 1.14 bits per heavy atom. The molecule has 1 N–H and O–H groups in total. The predicted octanol–water partition coefficient (Wildman–Crippen LogP) is 1.47. The van der Waals surface area contributed by atoms with Gasteiger partial charge in [0.05, 0.1) is 0 Å². The fourth-order valence-corrected chi connectivity index (χ4v) is 0. The first kappa shape index (κ1) is 15.6. The van der Waals surface area contributed by atoms with E-state index in [-0.39, 0.29) is 25.8 Å². The van der Waals surface area contributed by atoms with Gasteiger partial charge in [0.1, 0.15) is 0 Å². The Hall–Kier alpha value is 0.680. The molecule has 0 heterocycles. The molecular weight excluding hydrogens is 160 g/mol. The van der Waals surface area contributed by atoms with Gasteiger partial charge in [-0.3, -0.25) is 0 Å². The van der Waals surface area contributed by atoms with Gasteiger partial charge in [-0.1, -0.05) is 0 Å². The van der Waals surface area contributed by atoms with Crippen molar-refractivity contribution in [2.24, 2.45) is 0 Å². The summed E-state index contributed by atoms with van der Waals surface area (Å²) in [6.07, 6.45) is 0. The monoisotopic (exact) mass is 162 g/mol. The number of rotatable bonds is 0. The standard InChI is InChI=1S/CHF3.HNS.Sc/c2-1(3)4;1-2;/h1H;1H;. The molecular formula is CH2F3NSSc. The van der Waals surface area contributed by atoms with Crippen LogP contribution >= 0.6 is 0 Å². The molecule has 0 fully saturated rings. The fraction of sp³-hybridized carbons (Fsp3) is 1.00. The summed E-state index contributed by atoms with van der Waals surface area (Å²) < 4.78 is 34.3. The van der Waals surface area contributed by atoms with Crippen LogP contribution in [0.3, 0.4) is 0 Å². The molecule has 0 aromatic rings. The second kappa shape index (κ2) is 15.9. The number of hydrogen-bond donors (Lipinski definition) is 1. The van der Waals surface area contributed by atoms with Gasteiger partial charge in [0.2, 0.25) is 0 Å². The number of alkyl halides is 3. The second-order valence-electron chi connectivity index (χ2n) is 0.247. The van der Waals surface area contributed by atoms with Crippen molar-refractivity contribution < 1.29 is 39.0 Å². The van der Waals surface area contributed by atoms with Crippen molar-refractivity contribution in [1.82, 2.24) is 0 Å². The van der Waals surface area contributed by atoms with E-state index in [0.29, 0.717) is 0 Å². The van der Waals surface area contributed by atoms with Crippen molar-refractivity contribution in [2.45, 2.75) is 6.68 Å². The van der Waals surface area contributed by atoms with E-state index in [1.54, 1.807) is 0 Å². The molecule has 0 aliphatic heterocycles. The van der Waals surface area contributed by atoms with E-state index in [9.17, 15) is 13.2 Å². The van der Waals surface area contributed by atoms with E-state index < -0.39 is 6.68 Å². The molecule has 0 spiro atoms. The molecule has 1 radical (unpaired) electrons. The van der Waals surface area contributed by atoms with Gasteiger partial charge in [0.15, 0.2) is 0 Å². The summed E-state index contributed by atoms with van der Waals surface area (Å²) in [6, 6.07) is 0. The molecule has 41 valence electrons. The van der Waals surface area contributed by atoms with Gasteiger partial charge in [-0.25, -0.2) is 4.78 Å². The predicted molar refractivity (Wildman–Crippen MR) is 17.2 cm³/mol. The van der Waals surface area contributed by atoms with Crippen LogP contribution in [-0.2, 0) is 38.3 Å². The Labute approximate surface area is 63.0 Å². The molecule has 0 aromatic heterocycles.